The van der Waals surface area contributed by atoms with Gasteiger partial charge >= 0.3 is 0 Å². The molecule has 3 atom stereocenters. The lowest BCUT2D eigenvalue weighted by Crippen LogP contribution is -2.39. The van der Waals surface area contributed by atoms with Crippen LogP contribution in [0.2, 0.25) is 0 Å². The Morgan fingerprint density at radius 2 is 1.73 bits per heavy atom. The number of nitrogens with zero attached hydrogens (tertiary/aromatic N) is 6. The molecular weight excluding hydrogens is 498 g/mol. The van der Waals surface area contributed by atoms with Gasteiger partial charge in [-0.1, -0.05) is 6.07 Å². The van der Waals surface area contributed by atoms with E-state index in [1.165, 1.54) is 14.2 Å². The van der Waals surface area contributed by atoms with Crippen LogP contribution < -0.4 is 14.2 Å². The molecule has 0 saturated heterocycles. The summed E-state index contributed by atoms with van der Waals surface area (Å²) in [6, 6.07) is 6.14. The Hall–Kier alpha value is -3.78. The highest BCUT2D eigenvalue weighted by atomic mass is 32.2. The molecule has 0 fully saturated rings. The minimum atomic E-state index is -2.70. The topological polar surface area (TPSA) is 160 Å². The highest BCUT2D eigenvalue weighted by Gasteiger charge is 2.29. The fraction of sp³-hybridized carbons (Fsp3) is 0.292. The third-order valence-corrected chi connectivity index (χ3v) is 6.08. The summed E-state index contributed by atoms with van der Waals surface area (Å²) in [7, 11) is 3.05. The molecule has 12 nitrogen and oxygen atoms in total. The van der Waals surface area contributed by atoms with E-state index >= 15 is 0 Å². The number of methoxy groups -OCH3 is 2. The van der Waals surface area contributed by atoms with Gasteiger partial charge in [0.1, 0.15) is 29.1 Å². The van der Waals surface area contributed by atoms with E-state index in [0.717, 1.165) is 11.1 Å². The second-order valence-electron chi connectivity index (χ2n) is 8.26. The molecule has 4 rings (SSSR count). The average molecular weight is 525 g/mol. The number of ether oxygens (including phenoxy) is 2. The third-order valence-electron chi connectivity index (χ3n) is 5.59. The molecule has 1 aromatic carbocycles. The lowest BCUT2D eigenvalue weighted by Gasteiger charge is -2.25. The van der Waals surface area contributed by atoms with Gasteiger partial charge in [-0.15, -0.1) is 10.2 Å². The van der Waals surface area contributed by atoms with Gasteiger partial charge in [0.15, 0.2) is 11.6 Å². The van der Waals surface area contributed by atoms with Crippen LogP contribution in [0.3, 0.4) is 0 Å². The van der Waals surface area contributed by atoms with Gasteiger partial charge in [0.05, 0.1) is 20.3 Å². The summed E-state index contributed by atoms with van der Waals surface area (Å²) in [5.41, 5.74) is 2.89. The van der Waals surface area contributed by atoms with E-state index in [0.29, 0.717) is 34.4 Å². The van der Waals surface area contributed by atoms with Crippen molar-refractivity contribution in [1.82, 2.24) is 34.4 Å². The molecule has 0 aliphatic rings. The highest BCUT2D eigenvalue weighted by Crippen LogP contribution is 2.36. The second kappa shape index (κ2) is 11.5. The maximum atomic E-state index is 11.7. The van der Waals surface area contributed by atoms with Crippen LogP contribution in [-0.4, -0.2) is 63.8 Å². The van der Waals surface area contributed by atoms with E-state index in [4.69, 9.17) is 9.47 Å². The molecule has 0 aliphatic carbocycles. The molecule has 3 aromatic heterocycles. The Kier molecular flexibility index (Phi) is 8.18. The van der Waals surface area contributed by atoms with Gasteiger partial charge < -0.3 is 19.1 Å². The standard InChI is InChI=1S/C24H27N7O5S/c1-14-8-16(13-25-10-14)24-29-28-20(31(24)21-18(35-3)6-5-7-19(21)36-4)9-17(30-37(33)34)22(32)23-26-11-15(2)12-27-23/h5-8,10-13,17,22,30,32H,9H2,1-4H3,(H,33,34)/p-1/t17-,22-/m0/s1. The Labute approximate surface area is 216 Å². The van der Waals surface area contributed by atoms with Crippen LogP contribution in [-0.2, 0) is 17.7 Å². The first-order chi connectivity index (χ1) is 17.8. The summed E-state index contributed by atoms with van der Waals surface area (Å²) >= 11 is -2.70. The van der Waals surface area contributed by atoms with Crippen molar-refractivity contribution < 1.29 is 23.3 Å². The molecule has 0 aliphatic heterocycles. The van der Waals surface area contributed by atoms with Gasteiger partial charge in [-0.3, -0.25) is 13.8 Å². The molecule has 0 bridgehead atoms. The molecule has 0 saturated carbocycles. The van der Waals surface area contributed by atoms with Crippen LogP contribution in [0.4, 0.5) is 0 Å². The van der Waals surface area contributed by atoms with E-state index in [1.54, 1.807) is 47.6 Å². The number of aryl methyl sites for hydroxylation is 2. The van der Waals surface area contributed by atoms with Gasteiger partial charge in [-0.2, -0.15) is 0 Å². The number of hydrogen-bond donors (Lipinski definition) is 2. The maximum absolute atomic E-state index is 11.7. The summed E-state index contributed by atoms with van der Waals surface area (Å²) in [4.78, 5) is 12.6. The van der Waals surface area contributed by atoms with Gasteiger partial charge in [-0.05, 0) is 43.2 Å². The van der Waals surface area contributed by atoms with Crippen molar-refractivity contribution in [3.05, 3.63) is 71.8 Å². The first-order valence-electron chi connectivity index (χ1n) is 11.2. The Bertz CT molecular complexity index is 1370. The number of nitrogens with one attached hydrogen (secondary N) is 1. The summed E-state index contributed by atoms with van der Waals surface area (Å²) in [6.07, 6.45) is 5.02. The van der Waals surface area contributed by atoms with Gasteiger partial charge in [0.2, 0.25) is 0 Å². The number of para-hydroxylation sites is 1. The van der Waals surface area contributed by atoms with Crippen molar-refractivity contribution in [2.75, 3.05) is 14.2 Å². The maximum Gasteiger partial charge on any atom is 0.170 e. The van der Waals surface area contributed by atoms with Crippen molar-refractivity contribution >= 4 is 11.3 Å². The number of aromatic nitrogens is 6. The minimum absolute atomic E-state index is 0.0672. The molecule has 4 aromatic rings. The van der Waals surface area contributed by atoms with Crippen LogP contribution in [0.15, 0.2) is 49.1 Å². The van der Waals surface area contributed by atoms with E-state index in [2.05, 4.69) is 29.9 Å². The van der Waals surface area contributed by atoms with E-state index in [1.807, 2.05) is 19.9 Å². The van der Waals surface area contributed by atoms with Gasteiger partial charge in [0, 0.05) is 48.0 Å². The molecule has 0 spiro atoms. The zero-order valence-corrected chi connectivity index (χ0v) is 21.5. The fourth-order valence-corrected chi connectivity index (χ4v) is 4.33. The number of pyridine rings is 1. The number of rotatable bonds is 10. The van der Waals surface area contributed by atoms with Crippen molar-refractivity contribution in [3.63, 3.8) is 0 Å². The lowest BCUT2D eigenvalue weighted by molar-refractivity contribution is 0.128. The summed E-state index contributed by atoms with van der Waals surface area (Å²) < 4.78 is 38.6. The molecule has 1 unspecified atom stereocenters. The summed E-state index contributed by atoms with van der Waals surface area (Å²) in [5, 5.41) is 19.8. The zero-order valence-electron chi connectivity index (χ0n) is 20.7. The molecule has 2 N–H and O–H groups in total. The van der Waals surface area contributed by atoms with Gasteiger partial charge in [0.25, 0.3) is 0 Å². The number of aliphatic hydroxyl groups is 1. The van der Waals surface area contributed by atoms with Crippen molar-refractivity contribution in [1.29, 1.82) is 0 Å². The first-order valence-corrected chi connectivity index (χ1v) is 12.3. The molecule has 37 heavy (non-hydrogen) atoms. The Morgan fingerprint density at radius 1 is 1.05 bits per heavy atom. The highest BCUT2D eigenvalue weighted by molar-refractivity contribution is 7.77. The average Bonchev–Trinajstić information content (AvgIpc) is 3.30. The van der Waals surface area contributed by atoms with Crippen LogP contribution in [0, 0.1) is 13.8 Å². The predicted octanol–water partition coefficient (Wildman–Crippen LogP) is 1.78. The molecular formula is C24H26N7O5S-. The molecule has 0 amide bonds. The SMILES string of the molecule is COc1cccc(OC)c1-n1c(C[C@H](NS(=O)[O-])[C@H](O)c2ncc(C)cn2)nnc1-c1cncc(C)c1. The second-order valence-corrected chi connectivity index (χ2v) is 8.97. The number of hydrogen-bond acceptors (Lipinski definition) is 10. The fourth-order valence-electron chi connectivity index (χ4n) is 3.87. The number of aliphatic hydroxyl groups excluding tert-OH is 1. The minimum Gasteiger partial charge on any atom is -0.760 e. The number of benzene rings is 1. The first kappa shape index (κ1) is 26.3. The summed E-state index contributed by atoms with van der Waals surface area (Å²) in [6.45, 7) is 3.71. The third kappa shape index (κ3) is 5.80. The van der Waals surface area contributed by atoms with Crippen molar-refractivity contribution in [2.45, 2.75) is 32.4 Å². The lowest BCUT2D eigenvalue weighted by atomic mass is 10.1. The quantitative estimate of drug-likeness (QED) is 0.293. The van der Waals surface area contributed by atoms with Gasteiger partial charge in [-0.25, -0.2) is 14.7 Å². The Balaban J connectivity index is 1.88. The van der Waals surface area contributed by atoms with E-state index in [-0.39, 0.29) is 12.2 Å². The molecule has 194 valence electrons. The predicted molar refractivity (Wildman–Crippen MR) is 134 cm³/mol. The monoisotopic (exact) mass is 524 g/mol. The molecule has 3 heterocycles. The van der Waals surface area contributed by atoms with Crippen LogP contribution in [0.1, 0.15) is 28.9 Å². The largest absolute Gasteiger partial charge is 0.760 e. The van der Waals surface area contributed by atoms with Crippen molar-refractivity contribution in [3.8, 4) is 28.6 Å². The van der Waals surface area contributed by atoms with E-state index < -0.39 is 23.4 Å². The molecule has 0 radical (unpaired) electrons. The van der Waals surface area contributed by atoms with E-state index in [9.17, 15) is 13.9 Å². The van der Waals surface area contributed by atoms with Crippen LogP contribution in [0.25, 0.3) is 17.1 Å². The van der Waals surface area contributed by atoms with Crippen LogP contribution in [0.5, 0.6) is 11.5 Å². The van der Waals surface area contributed by atoms with Crippen molar-refractivity contribution in [2.24, 2.45) is 0 Å². The Morgan fingerprint density at radius 3 is 2.32 bits per heavy atom. The molecule has 13 heteroatoms. The zero-order chi connectivity index (χ0) is 26.5. The normalized spacial score (nSPS) is 13.7. The summed E-state index contributed by atoms with van der Waals surface area (Å²) in [5.74, 6) is 1.77. The smallest absolute Gasteiger partial charge is 0.170 e. The van der Waals surface area contributed by atoms with Crippen LogP contribution >= 0.6 is 0 Å².